The van der Waals surface area contributed by atoms with Gasteiger partial charge in [-0.2, -0.15) is 0 Å². The van der Waals surface area contributed by atoms with Gasteiger partial charge in [-0.3, -0.25) is 9.13 Å². The Bertz CT molecular complexity index is 1770. The Morgan fingerprint density at radius 1 is 0.690 bits per heavy atom. The van der Waals surface area contributed by atoms with Gasteiger partial charge in [0.25, 0.3) is 0 Å². The molecule has 0 bridgehead atoms. The fourth-order valence-electron chi connectivity index (χ4n) is 4.52. The van der Waals surface area contributed by atoms with Gasteiger partial charge >= 0.3 is 11.9 Å². The number of hydrogen-bond donors (Lipinski definition) is 1. The lowest BCUT2D eigenvalue weighted by Crippen LogP contribution is -2.38. The van der Waals surface area contributed by atoms with E-state index in [0.717, 1.165) is 0 Å². The first-order valence-corrected chi connectivity index (χ1v) is 18.1. The SMILES string of the molecule is CCOC(=O)C(C(C(=O)O)n1c(N(C)C)nc2c(Br)c(Br)c(Br)c(Br)c21)n1c(N(C)C)nc2c(Br)c(Br)c(Br)c(Br)c21. The van der Waals surface area contributed by atoms with E-state index in [1.807, 2.05) is 0 Å². The quantitative estimate of drug-likeness (QED) is 0.106. The summed E-state index contributed by atoms with van der Waals surface area (Å²) < 4.78 is 13.7. The number of nitrogens with zero attached hydrogens (tertiary/aromatic N) is 6. The fourth-order valence-corrected chi connectivity index (χ4v) is 9.23. The molecule has 4 rings (SSSR count). The van der Waals surface area contributed by atoms with Crippen molar-refractivity contribution in [1.29, 1.82) is 0 Å². The summed E-state index contributed by atoms with van der Waals surface area (Å²) in [6.45, 7) is 1.70. The lowest BCUT2D eigenvalue weighted by molar-refractivity contribution is -0.155. The van der Waals surface area contributed by atoms with Crippen molar-refractivity contribution >= 4 is 173 Å². The summed E-state index contributed by atoms with van der Waals surface area (Å²) >= 11 is 28.8. The molecule has 0 saturated carbocycles. The van der Waals surface area contributed by atoms with E-state index >= 15 is 0 Å². The molecule has 0 aliphatic heterocycles. The minimum atomic E-state index is -1.55. The first kappa shape index (κ1) is 34.6. The van der Waals surface area contributed by atoms with E-state index in [1.54, 1.807) is 49.5 Å². The number of ether oxygens (including phenoxy) is 1. The monoisotopic (exact) mass is 1090 g/mol. The standard InChI is InChI=1S/C24H20Br8N6O4/c1-6-42-22(41)20(38-18-14(32)10(28)8(26)12(30)16(18)34-24(38)36(4)5)19(21(39)40)37-17-13(31)9(27)7(25)11(29)15(17)33-23(37)35(2)3/h19-20H,6H2,1-5H3,(H,39,40). The molecule has 18 heteroatoms. The first-order chi connectivity index (χ1) is 19.6. The van der Waals surface area contributed by atoms with Gasteiger partial charge in [0.15, 0.2) is 12.1 Å². The number of carbonyl (C=O) groups is 2. The molecule has 2 heterocycles. The molecule has 0 aliphatic carbocycles. The van der Waals surface area contributed by atoms with E-state index in [2.05, 4.69) is 127 Å². The summed E-state index contributed by atoms with van der Waals surface area (Å²) in [5.41, 5.74) is 1.90. The summed E-state index contributed by atoms with van der Waals surface area (Å²) in [6, 6.07) is -2.99. The van der Waals surface area contributed by atoms with E-state index in [9.17, 15) is 14.7 Å². The number of imidazole rings is 2. The second-order valence-corrected chi connectivity index (χ2v) is 15.6. The van der Waals surface area contributed by atoms with Crippen molar-refractivity contribution in [2.45, 2.75) is 19.0 Å². The Hall–Kier alpha value is -0.240. The lowest BCUT2D eigenvalue weighted by atomic mass is 10.1. The van der Waals surface area contributed by atoms with Crippen molar-refractivity contribution in [2.24, 2.45) is 0 Å². The Morgan fingerprint density at radius 3 is 1.38 bits per heavy atom. The second-order valence-electron chi connectivity index (χ2n) is 9.24. The van der Waals surface area contributed by atoms with Crippen LogP contribution >= 0.6 is 127 Å². The molecule has 2 atom stereocenters. The normalized spacial score (nSPS) is 13.1. The molecule has 2 aromatic carbocycles. The summed E-state index contributed by atoms with van der Waals surface area (Å²) in [5, 5.41) is 11.0. The molecule has 42 heavy (non-hydrogen) atoms. The highest BCUT2D eigenvalue weighted by Gasteiger charge is 2.44. The van der Waals surface area contributed by atoms with E-state index in [0.29, 0.717) is 69.7 Å². The summed E-state index contributed by atoms with van der Waals surface area (Å²) in [5.74, 6) is -1.40. The summed E-state index contributed by atoms with van der Waals surface area (Å²) in [6.07, 6.45) is 0. The van der Waals surface area contributed by atoms with Crippen LogP contribution in [0.25, 0.3) is 22.1 Å². The van der Waals surface area contributed by atoms with Crippen LogP contribution in [-0.2, 0) is 14.3 Å². The van der Waals surface area contributed by atoms with E-state index in [-0.39, 0.29) is 6.61 Å². The van der Waals surface area contributed by atoms with Gasteiger partial charge < -0.3 is 19.6 Å². The average Bonchev–Trinajstić information content (AvgIpc) is 3.51. The topological polar surface area (TPSA) is 106 Å². The minimum absolute atomic E-state index is 0.0324. The predicted octanol–water partition coefficient (Wildman–Crippen LogP) is 9.05. The molecule has 0 fully saturated rings. The van der Waals surface area contributed by atoms with Crippen molar-refractivity contribution in [3.05, 3.63) is 35.8 Å². The first-order valence-electron chi connectivity index (χ1n) is 11.8. The molecular weight excluding hydrogens is 1080 g/mol. The van der Waals surface area contributed by atoms with Gasteiger partial charge in [0.05, 0.1) is 35.5 Å². The zero-order chi connectivity index (χ0) is 31.5. The molecule has 0 amide bonds. The van der Waals surface area contributed by atoms with Gasteiger partial charge in [-0.05, 0) is 134 Å². The van der Waals surface area contributed by atoms with Crippen molar-refractivity contribution in [3.8, 4) is 0 Å². The van der Waals surface area contributed by atoms with Crippen LogP contribution in [0.15, 0.2) is 35.8 Å². The number of benzene rings is 2. The maximum absolute atomic E-state index is 14.1. The number of hydrogen-bond acceptors (Lipinski definition) is 7. The number of carboxylic acids is 1. The molecule has 0 radical (unpaired) electrons. The molecule has 4 aromatic rings. The molecule has 10 nitrogen and oxygen atoms in total. The predicted molar refractivity (Wildman–Crippen MR) is 192 cm³/mol. The van der Waals surface area contributed by atoms with Gasteiger partial charge in [0.1, 0.15) is 11.0 Å². The molecule has 2 unspecified atom stereocenters. The van der Waals surface area contributed by atoms with Crippen molar-refractivity contribution in [3.63, 3.8) is 0 Å². The van der Waals surface area contributed by atoms with Crippen LogP contribution in [0, 0.1) is 0 Å². The number of esters is 1. The zero-order valence-corrected chi connectivity index (χ0v) is 34.9. The summed E-state index contributed by atoms with van der Waals surface area (Å²) in [4.78, 5) is 40.6. The largest absolute Gasteiger partial charge is 0.480 e. The molecule has 1 N–H and O–H groups in total. The molecule has 0 saturated heterocycles. The third kappa shape index (κ3) is 5.66. The Balaban J connectivity index is 2.26. The zero-order valence-electron chi connectivity index (χ0n) is 22.2. The molecule has 226 valence electrons. The number of carbonyl (C=O) groups excluding carboxylic acids is 1. The highest BCUT2D eigenvalue weighted by atomic mass is 79.9. The van der Waals surface area contributed by atoms with Gasteiger partial charge in [0.2, 0.25) is 11.9 Å². The number of fused-ring (bicyclic) bond motifs is 2. The van der Waals surface area contributed by atoms with E-state index < -0.39 is 24.0 Å². The second kappa shape index (κ2) is 13.2. The Morgan fingerprint density at radius 2 is 1.05 bits per heavy atom. The highest BCUT2D eigenvalue weighted by Crippen LogP contribution is 2.49. The van der Waals surface area contributed by atoms with Gasteiger partial charge in [-0.1, -0.05) is 0 Å². The van der Waals surface area contributed by atoms with Crippen LogP contribution in [0.3, 0.4) is 0 Å². The lowest BCUT2D eigenvalue weighted by Gasteiger charge is -2.30. The number of halogens is 8. The Kier molecular flexibility index (Phi) is 10.9. The van der Waals surface area contributed by atoms with Crippen LogP contribution in [-0.4, -0.2) is 70.9 Å². The number of aliphatic carboxylic acids is 1. The van der Waals surface area contributed by atoms with Crippen LogP contribution in [0.1, 0.15) is 19.0 Å². The number of aromatic nitrogens is 4. The maximum atomic E-state index is 14.1. The third-order valence-electron chi connectivity index (χ3n) is 6.21. The van der Waals surface area contributed by atoms with Crippen LogP contribution in [0.4, 0.5) is 11.9 Å². The van der Waals surface area contributed by atoms with Crippen LogP contribution in [0.2, 0.25) is 0 Å². The van der Waals surface area contributed by atoms with Crippen molar-refractivity contribution < 1.29 is 19.4 Å². The highest BCUT2D eigenvalue weighted by molar-refractivity contribution is 9.15. The molecule has 0 spiro atoms. The Labute approximate surface area is 307 Å². The van der Waals surface area contributed by atoms with Crippen molar-refractivity contribution in [2.75, 3.05) is 44.6 Å². The smallest absolute Gasteiger partial charge is 0.332 e. The minimum Gasteiger partial charge on any atom is -0.480 e. The van der Waals surface area contributed by atoms with Gasteiger partial charge in [-0.15, -0.1) is 0 Å². The summed E-state index contributed by atoms with van der Waals surface area (Å²) in [7, 11) is 7.04. The number of carboxylic acid groups (broad SMARTS) is 1. The third-order valence-corrected chi connectivity index (χ3v) is 15.7. The van der Waals surface area contributed by atoms with Crippen LogP contribution < -0.4 is 9.80 Å². The fraction of sp³-hybridized carbons (Fsp3) is 0.333. The number of rotatable bonds is 8. The number of anilines is 2. The maximum Gasteiger partial charge on any atom is 0.332 e. The van der Waals surface area contributed by atoms with Crippen LogP contribution in [0.5, 0.6) is 0 Å². The average molecular weight is 1100 g/mol. The van der Waals surface area contributed by atoms with E-state index in [4.69, 9.17) is 14.7 Å². The molecular formula is C24H20Br8N6O4. The molecule has 0 aliphatic rings. The molecule has 2 aromatic heterocycles. The van der Waals surface area contributed by atoms with Gasteiger partial charge in [-0.25, -0.2) is 19.6 Å². The van der Waals surface area contributed by atoms with Gasteiger partial charge in [0, 0.05) is 46.1 Å². The van der Waals surface area contributed by atoms with E-state index in [1.165, 1.54) is 4.57 Å². The van der Waals surface area contributed by atoms with Crippen molar-refractivity contribution in [1.82, 2.24) is 19.1 Å².